The average Bonchev–Trinajstić information content (AvgIpc) is 2.73. The minimum atomic E-state index is -4.35. The van der Waals surface area contributed by atoms with Gasteiger partial charge in [-0.25, -0.2) is 9.97 Å². The lowest BCUT2D eigenvalue weighted by Gasteiger charge is -2.28. The van der Waals surface area contributed by atoms with E-state index in [4.69, 9.17) is 4.74 Å². The van der Waals surface area contributed by atoms with Gasteiger partial charge in [0, 0.05) is 31.4 Å². The first kappa shape index (κ1) is 19.4. The maximum Gasteiger partial charge on any atom is 0.416 e. The number of nitrogens with zero attached hydrogens (tertiary/aromatic N) is 3. The third-order valence-corrected chi connectivity index (χ3v) is 5.04. The standard InChI is InChI=1S/C22H20F3N3O/c1-29-19-4-2-3-15(11-19)13-28-10-9-17-12-26-21(27-20(17)14-28)16-5-7-18(8-6-16)22(23,24)25/h2-8,11-12H,9-10,13-14H2,1H3. The van der Waals surface area contributed by atoms with Crippen LogP contribution in [0.1, 0.15) is 22.4 Å². The van der Waals surface area contributed by atoms with Crippen LogP contribution >= 0.6 is 0 Å². The fourth-order valence-corrected chi connectivity index (χ4v) is 3.47. The molecule has 0 saturated carbocycles. The van der Waals surface area contributed by atoms with E-state index in [-0.39, 0.29) is 0 Å². The Morgan fingerprint density at radius 3 is 2.62 bits per heavy atom. The normalized spacial score (nSPS) is 14.5. The molecule has 0 atom stereocenters. The molecule has 0 spiro atoms. The van der Waals surface area contributed by atoms with Crippen LogP contribution in [0, 0.1) is 0 Å². The zero-order valence-electron chi connectivity index (χ0n) is 15.9. The number of benzene rings is 2. The first-order chi connectivity index (χ1) is 13.9. The number of fused-ring (bicyclic) bond motifs is 1. The molecule has 7 heteroatoms. The van der Waals surface area contributed by atoms with Crippen molar-refractivity contribution in [2.45, 2.75) is 25.7 Å². The Balaban J connectivity index is 1.52. The van der Waals surface area contributed by atoms with Crippen LogP contribution in [0.25, 0.3) is 11.4 Å². The summed E-state index contributed by atoms with van der Waals surface area (Å²) in [5, 5.41) is 0. The van der Waals surface area contributed by atoms with Gasteiger partial charge in [-0.05, 0) is 41.8 Å². The fraction of sp³-hybridized carbons (Fsp3) is 0.273. The maximum atomic E-state index is 12.8. The van der Waals surface area contributed by atoms with Crippen LogP contribution < -0.4 is 4.74 Å². The molecule has 4 rings (SSSR count). The molecule has 0 radical (unpaired) electrons. The molecule has 150 valence electrons. The number of ether oxygens (including phenoxy) is 1. The van der Waals surface area contributed by atoms with Gasteiger partial charge in [0.15, 0.2) is 5.82 Å². The van der Waals surface area contributed by atoms with Crippen molar-refractivity contribution >= 4 is 0 Å². The zero-order chi connectivity index (χ0) is 20.4. The van der Waals surface area contributed by atoms with Gasteiger partial charge in [0.05, 0.1) is 18.4 Å². The van der Waals surface area contributed by atoms with E-state index < -0.39 is 11.7 Å². The van der Waals surface area contributed by atoms with Crippen LogP contribution in [0.2, 0.25) is 0 Å². The Labute approximate surface area is 167 Å². The molecule has 2 heterocycles. The van der Waals surface area contributed by atoms with E-state index in [1.807, 2.05) is 18.2 Å². The smallest absolute Gasteiger partial charge is 0.416 e. The lowest BCUT2D eigenvalue weighted by Crippen LogP contribution is -2.31. The quantitative estimate of drug-likeness (QED) is 0.636. The molecule has 0 unspecified atom stereocenters. The van der Waals surface area contributed by atoms with Gasteiger partial charge in [0.2, 0.25) is 0 Å². The topological polar surface area (TPSA) is 38.2 Å². The van der Waals surface area contributed by atoms with Crippen molar-refractivity contribution < 1.29 is 17.9 Å². The summed E-state index contributed by atoms with van der Waals surface area (Å²) >= 11 is 0. The third-order valence-electron chi connectivity index (χ3n) is 5.04. The summed E-state index contributed by atoms with van der Waals surface area (Å²) < 4.78 is 43.6. The van der Waals surface area contributed by atoms with Crippen molar-refractivity contribution in [2.24, 2.45) is 0 Å². The van der Waals surface area contributed by atoms with Gasteiger partial charge >= 0.3 is 6.18 Å². The molecule has 0 bridgehead atoms. The second kappa shape index (κ2) is 7.83. The van der Waals surface area contributed by atoms with E-state index >= 15 is 0 Å². The van der Waals surface area contributed by atoms with Gasteiger partial charge in [-0.2, -0.15) is 13.2 Å². The molecule has 0 saturated heterocycles. The molecule has 29 heavy (non-hydrogen) atoms. The van der Waals surface area contributed by atoms with E-state index in [1.165, 1.54) is 12.1 Å². The summed E-state index contributed by atoms with van der Waals surface area (Å²) in [6.07, 6.45) is -1.72. The van der Waals surface area contributed by atoms with Gasteiger partial charge < -0.3 is 4.74 Å². The Morgan fingerprint density at radius 2 is 1.90 bits per heavy atom. The van der Waals surface area contributed by atoms with Crippen molar-refractivity contribution in [3.8, 4) is 17.1 Å². The number of alkyl halides is 3. The molecule has 0 amide bonds. The molecule has 1 aliphatic heterocycles. The molecule has 0 aliphatic carbocycles. The Hall–Kier alpha value is -2.93. The van der Waals surface area contributed by atoms with E-state index in [1.54, 1.807) is 13.3 Å². The summed E-state index contributed by atoms with van der Waals surface area (Å²) in [6.45, 7) is 2.34. The van der Waals surface area contributed by atoms with Crippen molar-refractivity contribution in [1.29, 1.82) is 0 Å². The minimum absolute atomic E-state index is 0.445. The summed E-state index contributed by atoms with van der Waals surface area (Å²) in [6, 6.07) is 12.9. The monoisotopic (exact) mass is 399 g/mol. The highest BCUT2D eigenvalue weighted by atomic mass is 19.4. The predicted octanol–water partition coefficient (Wildman–Crippen LogP) is 4.73. The van der Waals surface area contributed by atoms with Crippen LogP contribution in [-0.4, -0.2) is 28.5 Å². The van der Waals surface area contributed by atoms with Gasteiger partial charge in [-0.15, -0.1) is 0 Å². The van der Waals surface area contributed by atoms with Crippen molar-refractivity contribution in [2.75, 3.05) is 13.7 Å². The maximum absolute atomic E-state index is 12.8. The van der Waals surface area contributed by atoms with Crippen LogP contribution in [0.3, 0.4) is 0 Å². The lowest BCUT2D eigenvalue weighted by molar-refractivity contribution is -0.137. The summed E-state index contributed by atoms with van der Waals surface area (Å²) in [4.78, 5) is 11.3. The highest BCUT2D eigenvalue weighted by Gasteiger charge is 2.30. The number of halogens is 3. The number of rotatable bonds is 4. The van der Waals surface area contributed by atoms with Gasteiger partial charge in [0.1, 0.15) is 5.75 Å². The molecule has 2 aromatic carbocycles. The molecule has 1 aromatic heterocycles. The van der Waals surface area contributed by atoms with E-state index in [0.29, 0.717) is 17.9 Å². The second-order valence-electron chi connectivity index (χ2n) is 7.05. The van der Waals surface area contributed by atoms with Crippen LogP contribution in [0.5, 0.6) is 5.75 Å². The Kier molecular flexibility index (Phi) is 5.24. The van der Waals surface area contributed by atoms with Gasteiger partial charge in [-0.3, -0.25) is 4.90 Å². The third kappa shape index (κ3) is 4.40. The van der Waals surface area contributed by atoms with Crippen molar-refractivity contribution in [3.63, 3.8) is 0 Å². The average molecular weight is 399 g/mol. The van der Waals surface area contributed by atoms with Crippen molar-refractivity contribution in [3.05, 3.63) is 77.1 Å². The Bertz CT molecular complexity index is 1000. The summed E-state index contributed by atoms with van der Waals surface area (Å²) in [7, 11) is 1.65. The highest BCUT2D eigenvalue weighted by molar-refractivity contribution is 5.56. The van der Waals surface area contributed by atoms with Crippen molar-refractivity contribution in [1.82, 2.24) is 14.9 Å². The summed E-state index contributed by atoms with van der Waals surface area (Å²) in [5.74, 6) is 1.27. The number of methoxy groups -OCH3 is 1. The molecule has 0 N–H and O–H groups in total. The number of hydrogen-bond donors (Lipinski definition) is 0. The predicted molar refractivity (Wildman–Crippen MR) is 103 cm³/mol. The van der Waals surface area contributed by atoms with Crippen LogP contribution in [-0.2, 0) is 25.7 Å². The first-order valence-corrected chi connectivity index (χ1v) is 9.30. The molecule has 1 aliphatic rings. The molecule has 3 aromatic rings. The largest absolute Gasteiger partial charge is 0.497 e. The van der Waals surface area contributed by atoms with E-state index in [9.17, 15) is 13.2 Å². The highest BCUT2D eigenvalue weighted by Crippen LogP contribution is 2.30. The minimum Gasteiger partial charge on any atom is -0.497 e. The SMILES string of the molecule is COc1cccc(CN2CCc3cnc(-c4ccc(C(F)(F)F)cc4)nc3C2)c1. The Morgan fingerprint density at radius 1 is 1.10 bits per heavy atom. The molecule has 0 fully saturated rings. The van der Waals surface area contributed by atoms with E-state index in [2.05, 4.69) is 20.9 Å². The van der Waals surface area contributed by atoms with Gasteiger partial charge in [-0.1, -0.05) is 24.3 Å². The molecular weight excluding hydrogens is 379 g/mol. The molecular formula is C22H20F3N3O. The fourth-order valence-electron chi connectivity index (χ4n) is 3.47. The number of aromatic nitrogens is 2. The number of hydrogen-bond acceptors (Lipinski definition) is 4. The second-order valence-corrected chi connectivity index (χ2v) is 7.05. The van der Waals surface area contributed by atoms with E-state index in [0.717, 1.165) is 54.2 Å². The van der Waals surface area contributed by atoms with Crippen LogP contribution in [0.15, 0.2) is 54.7 Å². The summed E-state index contributed by atoms with van der Waals surface area (Å²) in [5.41, 5.74) is 3.06. The van der Waals surface area contributed by atoms with Gasteiger partial charge in [0.25, 0.3) is 0 Å². The zero-order valence-corrected chi connectivity index (χ0v) is 15.9. The first-order valence-electron chi connectivity index (χ1n) is 9.30. The lowest BCUT2D eigenvalue weighted by atomic mass is 10.0. The molecule has 4 nitrogen and oxygen atoms in total. The van der Waals surface area contributed by atoms with Crippen LogP contribution in [0.4, 0.5) is 13.2 Å².